The molecule has 1 aliphatic rings. The smallest absolute Gasteiger partial charge is 0.191 e. The first-order chi connectivity index (χ1) is 5.81. The Bertz CT molecular complexity index is 306. The molecule has 1 aliphatic heterocycles. The number of carbonyl (C=O) groups is 1. The third-order valence-corrected chi connectivity index (χ3v) is 1.98. The summed E-state index contributed by atoms with van der Waals surface area (Å²) in [5, 5.41) is 3.04. The molecule has 0 radical (unpaired) electrons. The Morgan fingerprint density at radius 3 is 3.33 bits per heavy atom. The van der Waals surface area contributed by atoms with Crippen molar-refractivity contribution in [3.8, 4) is 0 Å². The SMILES string of the molecule is Cc1nc2c(o1)C(C=O)NCC2. The largest absolute Gasteiger partial charge is 0.444 e. The highest BCUT2D eigenvalue weighted by molar-refractivity contribution is 5.61. The Balaban J connectivity index is 2.43. The highest BCUT2D eigenvalue weighted by Gasteiger charge is 2.24. The number of nitrogens with one attached hydrogen (secondary N) is 1. The molecule has 0 saturated carbocycles. The number of carbonyl (C=O) groups excluding carboxylic acids is 1. The van der Waals surface area contributed by atoms with Crippen LogP contribution in [0.2, 0.25) is 0 Å². The summed E-state index contributed by atoms with van der Waals surface area (Å²) < 4.78 is 5.30. The highest BCUT2D eigenvalue weighted by atomic mass is 16.4. The quantitative estimate of drug-likeness (QED) is 0.612. The molecule has 0 fully saturated rings. The van der Waals surface area contributed by atoms with Crippen molar-refractivity contribution < 1.29 is 9.21 Å². The lowest BCUT2D eigenvalue weighted by Crippen LogP contribution is -2.30. The molecule has 0 aliphatic carbocycles. The minimum Gasteiger partial charge on any atom is -0.444 e. The Labute approximate surface area is 70.0 Å². The minimum absolute atomic E-state index is 0.296. The van der Waals surface area contributed by atoms with Gasteiger partial charge in [0.25, 0.3) is 0 Å². The van der Waals surface area contributed by atoms with Gasteiger partial charge in [-0.2, -0.15) is 0 Å². The van der Waals surface area contributed by atoms with Crippen LogP contribution in [0.1, 0.15) is 23.4 Å². The monoisotopic (exact) mass is 166 g/mol. The van der Waals surface area contributed by atoms with Gasteiger partial charge in [-0.1, -0.05) is 0 Å². The van der Waals surface area contributed by atoms with Crippen LogP contribution >= 0.6 is 0 Å². The van der Waals surface area contributed by atoms with Crippen LogP contribution < -0.4 is 5.32 Å². The number of hydrogen-bond donors (Lipinski definition) is 1. The van der Waals surface area contributed by atoms with E-state index in [1.807, 2.05) is 0 Å². The van der Waals surface area contributed by atoms with E-state index in [4.69, 9.17) is 4.42 Å². The molecule has 4 nitrogen and oxygen atoms in total. The summed E-state index contributed by atoms with van der Waals surface area (Å²) in [7, 11) is 0. The summed E-state index contributed by atoms with van der Waals surface area (Å²) in [6.07, 6.45) is 1.69. The molecule has 0 bridgehead atoms. The number of fused-ring (bicyclic) bond motifs is 1. The van der Waals surface area contributed by atoms with E-state index in [9.17, 15) is 4.79 Å². The van der Waals surface area contributed by atoms with Crippen molar-refractivity contribution >= 4 is 6.29 Å². The summed E-state index contributed by atoms with van der Waals surface area (Å²) >= 11 is 0. The predicted molar refractivity (Wildman–Crippen MR) is 41.8 cm³/mol. The molecule has 0 spiro atoms. The molecule has 2 heterocycles. The van der Waals surface area contributed by atoms with Crippen LogP contribution in [0.25, 0.3) is 0 Å². The van der Waals surface area contributed by atoms with Gasteiger partial charge in [0, 0.05) is 19.9 Å². The van der Waals surface area contributed by atoms with Crippen LogP contribution in [-0.2, 0) is 11.2 Å². The Morgan fingerprint density at radius 1 is 1.75 bits per heavy atom. The van der Waals surface area contributed by atoms with Gasteiger partial charge in [-0.25, -0.2) is 4.98 Å². The average Bonchev–Trinajstić information content (AvgIpc) is 2.44. The fraction of sp³-hybridized carbons (Fsp3) is 0.500. The first kappa shape index (κ1) is 7.49. The van der Waals surface area contributed by atoms with E-state index in [-0.39, 0.29) is 6.04 Å². The van der Waals surface area contributed by atoms with Crippen molar-refractivity contribution in [1.82, 2.24) is 10.3 Å². The van der Waals surface area contributed by atoms with Crippen molar-refractivity contribution in [2.45, 2.75) is 19.4 Å². The fourth-order valence-electron chi connectivity index (χ4n) is 1.46. The number of oxazole rings is 1. The van der Waals surface area contributed by atoms with Gasteiger partial charge in [0.2, 0.25) is 0 Å². The number of hydrogen-bond acceptors (Lipinski definition) is 4. The zero-order chi connectivity index (χ0) is 8.55. The van der Waals surface area contributed by atoms with E-state index >= 15 is 0 Å². The first-order valence-electron chi connectivity index (χ1n) is 3.96. The van der Waals surface area contributed by atoms with E-state index in [1.165, 1.54) is 0 Å². The van der Waals surface area contributed by atoms with E-state index in [0.717, 1.165) is 24.9 Å². The minimum atomic E-state index is -0.296. The van der Waals surface area contributed by atoms with E-state index < -0.39 is 0 Å². The third kappa shape index (κ3) is 1.04. The second kappa shape index (κ2) is 2.71. The van der Waals surface area contributed by atoms with Crippen LogP contribution in [0.15, 0.2) is 4.42 Å². The van der Waals surface area contributed by atoms with Crippen molar-refractivity contribution in [2.75, 3.05) is 6.54 Å². The van der Waals surface area contributed by atoms with Crippen LogP contribution in [-0.4, -0.2) is 17.8 Å². The fourth-order valence-corrected chi connectivity index (χ4v) is 1.46. The van der Waals surface area contributed by atoms with Gasteiger partial charge in [-0.15, -0.1) is 0 Å². The van der Waals surface area contributed by atoms with Crippen LogP contribution in [0.3, 0.4) is 0 Å². The lowest BCUT2D eigenvalue weighted by atomic mass is 10.1. The summed E-state index contributed by atoms with van der Waals surface area (Å²) in [4.78, 5) is 14.8. The molecule has 1 aromatic rings. The number of aryl methyl sites for hydroxylation is 1. The summed E-state index contributed by atoms with van der Waals surface area (Å²) in [5.74, 6) is 1.32. The second-order valence-corrected chi connectivity index (χ2v) is 2.86. The molecule has 0 aromatic carbocycles. The maximum Gasteiger partial charge on any atom is 0.191 e. The molecule has 1 aromatic heterocycles. The summed E-state index contributed by atoms with van der Waals surface area (Å²) in [5.41, 5.74) is 0.920. The maximum atomic E-state index is 10.6. The Kier molecular flexibility index (Phi) is 1.69. The van der Waals surface area contributed by atoms with Gasteiger partial charge < -0.3 is 14.5 Å². The second-order valence-electron chi connectivity index (χ2n) is 2.86. The predicted octanol–water partition coefficient (Wildman–Crippen LogP) is 0.369. The molecule has 2 rings (SSSR count). The van der Waals surface area contributed by atoms with Crippen LogP contribution in [0, 0.1) is 6.92 Å². The lowest BCUT2D eigenvalue weighted by molar-refractivity contribution is -0.110. The zero-order valence-electron chi connectivity index (χ0n) is 6.83. The van der Waals surface area contributed by atoms with Gasteiger partial charge in [0.05, 0.1) is 5.69 Å². The van der Waals surface area contributed by atoms with Gasteiger partial charge in [-0.3, -0.25) is 0 Å². The normalized spacial score (nSPS) is 21.9. The van der Waals surface area contributed by atoms with Gasteiger partial charge >= 0.3 is 0 Å². The van der Waals surface area contributed by atoms with Crippen LogP contribution in [0.4, 0.5) is 0 Å². The van der Waals surface area contributed by atoms with E-state index in [2.05, 4.69) is 10.3 Å². The lowest BCUT2D eigenvalue weighted by Gasteiger charge is -2.15. The molecular formula is C8H10N2O2. The van der Waals surface area contributed by atoms with Gasteiger partial charge in [-0.05, 0) is 0 Å². The molecule has 1 unspecified atom stereocenters. The molecular weight excluding hydrogens is 156 g/mol. The molecule has 0 saturated heterocycles. The Hall–Kier alpha value is -1.16. The van der Waals surface area contributed by atoms with Crippen LogP contribution in [0.5, 0.6) is 0 Å². The molecule has 64 valence electrons. The van der Waals surface area contributed by atoms with E-state index in [1.54, 1.807) is 6.92 Å². The maximum absolute atomic E-state index is 10.6. The van der Waals surface area contributed by atoms with Crippen molar-refractivity contribution in [2.24, 2.45) is 0 Å². The number of rotatable bonds is 1. The summed E-state index contributed by atoms with van der Waals surface area (Å²) in [6, 6.07) is -0.296. The molecule has 1 atom stereocenters. The van der Waals surface area contributed by atoms with Crippen molar-refractivity contribution in [3.05, 3.63) is 17.3 Å². The first-order valence-corrected chi connectivity index (χ1v) is 3.96. The molecule has 4 heteroatoms. The standard InChI is InChI=1S/C8H10N2O2/c1-5-10-6-2-3-9-7(4-11)8(6)12-5/h4,7,9H,2-3H2,1H3. The van der Waals surface area contributed by atoms with Gasteiger partial charge in [0.1, 0.15) is 12.3 Å². The molecule has 12 heavy (non-hydrogen) atoms. The van der Waals surface area contributed by atoms with Crippen molar-refractivity contribution in [1.29, 1.82) is 0 Å². The highest BCUT2D eigenvalue weighted by Crippen LogP contribution is 2.21. The van der Waals surface area contributed by atoms with E-state index in [0.29, 0.717) is 11.7 Å². The topological polar surface area (TPSA) is 55.1 Å². The number of aldehydes is 1. The molecule has 1 N–H and O–H groups in total. The number of aromatic nitrogens is 1. The Morgan fingerprint density at radius 2 is 2.58 bits per heavy atom. The van der Waals surface area contributed by atoms with Gasteiger partial charge in [0.15, 0.2) is 11.7 Å². The molecule has 0 amide bonds. The summed E-state index contributed by atoms with van der Waals surface area (Å²) in [6.45, 7) is 2.59. The number of nitrogens with zero attached hydrogens (tertiary/aromatic N) is 1. The average molecular weight is 166 g/mol. The third-order valence-electron chi connectivity index (χ3n) is 1.98. The van der Waals surface area contributed by atoms with Crippen molar-refractivity contribution in [3.63, 3.8) is 0 Å². The zero-order valence-corrected chi connectivity index (χ0v) is 6.83.